The molecule has 10 heteroatoms. The van der Waals surface area contributed by atoms with Crippen LogP contribution in [0.3, 0.4) is 0 Å². The molecule has 0 radical (unpaired) electrons. The van der Waals surface area contributed by atoms with Crippen molar-refractivity contribution < 1.29 is 18.0 Å². The molecule has 25 heavy (non-hydrogen) atoms. The van der Waals surface area contributed by atoms with E-state index >= 15 is 0 Å². The van der Waals surface area contributed by atoms with E-state index in [-0.39, 0.29) is 11.6 Å². The monoisotopic (exact) mass is 355 g/mol. The molecule has 1 N–H and O–H groups in total. The lowest BCUT2D eigenvalue weighted by molar-refractivity contribution is -0.143. The van der Waals surface area contributed by atoms with Crippen LogP contribution in [0.4, 0.5) is 13.2 Å². The van der Waals surface area contributed by atoms with Gasteiger partial charge < -0.3 is 9.88 Å². The summed E-state index contributed by atoms with van der Waals surface area (Å²) in [6, 6.07) is 2.43. The molecule has 1 aliphatic heterocycles. The number of amides is 1. The number of nitrogens with zero attached hydrogens (tertiary/aromatic N) is 4. The Hall–Kier alpha value is -2.65. The second-order valence-electron chi connectivity index (χ2n) is 5.96. The second-order valence-corrected chi connectivity index (χ2v) is 5.96. The van der Waals surface area contributed by atoms with Crippen LogP contribution in [-0.2, 0) is 13.2 Å². The molecule has 1 aliphatic rings. The molecule has 1 saturated heterocycles. The van der Waals surface area contributed by atoms with Gasteiger partial charge in [0.2, 0.25) is 0 Å². The zero-order chi connectivity index (χ0) is 18.2. The molecular weight excluding hydrogens is 339 g/mol. The number of H-pyrrole nitrogens is 1. The van der Waals surface area contributed by atoms with Crippen molar-refractivity contribution in [2.24, 2.45) is 7.05 Å². The minimum atomic E-state index is -4.57. The van der Waals surface area contributed by atoms with Gasteiger partial charge in [-0.3, -0.25) is 9.48 Å². The molecular formula is C15H16F3N5O2. The summed E-state index contributed by atoms with van der Waals surface area (Å²) in [5.74, 6) is -0.647. The van der Waals surface area contributed by atoms with E-state index in [1.807, 2.05) is 0 Å². The Labute approximate surface area is 140 Å². The average Bonchev–Trinajstić information content (AvgIpc) is 2.96. The lowest BCUT2D eigenvalue weighted by Gasteiger charge is -2.32. The number of carbonyl (C=O) groups excluding carboxylic acids is 1. The van der Waals surface area contributed by atoms with E-state index in [4.69, 9.17) is 0 Å². The summed E-state index contributed by atoms with van der Waals surface area (Å²) in [7, 11) is 1.15. The summed E-state index contributed by atoms with van der Waals surface area (Å²) < 4.78 is 39.3. The maximum absolute atomic E-state index is 12.9. The Morgan fingerprint density at radius 3 is 2.80 bits per heavy atom. The molecule has 1 atom stereocenters. The number of likely N-dealkylation sites (tertiary alicyclic amines) is 1. The predicted octanol–water partition coefficient (Wildman–Crippen LogP) is 1.54. The number of nitrogens with one attached hydrogen (secondary N) is 1. The summed E-state index contributed by atoms with van der Waals surface area (Å²) >= 11 is 0. The molecule has 0 aromatic carbocycles. The number of rotatable bonds is 2. The highest BCUT2D eigenvalue weighted by Crippen LogP contribution is 2.30. The van der Waals surface area contributed by atoms with Crippen LogP contribution in [0, 0.1) is 0 Å². The van der Waals surface area contributed by atoms with E-state index < -0.39 is 23.5 Å². The molecule has 134 valence electrons. The van der Waals surface area contributed by atoms with Gasteiger partial charge in [0.25, 0.3) is 5.91 Å². The molecule has 3 rings (SSSR count). The first-order valence-electron chi connectivity index (χ1n) is 7.71. The Morgan fingerprint density at radius 1 is 1.40 bits per heavy atom. The molecule has 0 spiro atoms. The zero-order valence-electron chi connectivity index (χ0n) is 13.4. The van der Waals surface area contributed by atoms with Crippen LogP contribution in [0.2, 0.25) is 0 Å². The van der Waals surface area contributed by atoms with Gasteiger partial charge in [-0.05, 0) is 18.9 Å². The number of hydrogen-bond donors (Lipinski definition) is 1. The maximum atomic E-state index is 12.9. The topological polar surface area (TPSA) is 83.9 Å². The van der Waals surface area contributed by atoms with Crippen LogP contribution in [0.5, 0.6) is 0 Å². The fourth-order valence-electron chi connectivity index (χ4n) is 3.04. The third kappa shape index (κ3) is 3.57. The van der Waals surface area contributed by atoms with Gasteiger partial charge in [-0.15, -0.1) is 0 Å². The van der Waals surface area contributed by atoms with Crippen LogP contribution in [0.25, 0.3) is 0 Å². The van der Waals surface area contributed by atoms with E-state index in [2.05, 4.69) is 15.1 Å². The molecule has 0 bridgehead atoms. The van der Waals surface area contributed by atoms with Crippen molar-refractivity contribution in [2.75, 3.05) is 13.1 Å². The van der Waals surface area contributed by atoms with Crippen molar-refractivity contribution in [3.8, 4) is 0 Å². The fourth-order valence-corrected chi connectivity index (χ4v) is 3.04. The quantitative estimate of drug-likeness (QED) is 0.886. The number of halogens is 3. The molecule has 3 heterocycles. The van der Waals surface area contributed by atoms with Crippen LogP contribution >= 0.6 is 0 Å². The molecule has 1 fully saturated rings. The molecule has 2 aromatic heterocycles. The number of aromatic amines is 1. The van der Waals surface area contributed by atoms with Gasteiger partial charge in [-0.2, -0.15) is 18.3 Å². The van der Waals surface area contributed by atoms with Gasteiger partial charge in [-0.1, -0.05) is 0 Å². The normalized spacial score (nSPS) is 18.4. The molecule has 2 aromatic rings. The summed E-state index contributed by atoms with van der Waals surface area (Å²) in [6.07, 6.45) is -1.73. The van der Waals surface area contributed by atoms with Crippen molar-refractivity contribution in [3.63, 3.8) is 0 Å². The first-order chi connectivity index (χ1) is 11.8. The average molecular weight is 355 g/mol. The lowest BCUT2D eigenvalue weighted by atomic mass is 9.94. The van der Waals surface area contributed by atoms with Crippen LogP contribution in [0.1, 0.15) is 40.6 Å². The summed E-state index contributed by atoms with van der Waals surface area (Å²) in [5.41, 5.74) is -1.02. The van der Waals surface area contributed by atoms with Gasteiger partial charge in [0.05, 0.1) is 0 Å². The van der Waals surface area contributed by atoms with Crippen molar-refractivity contribution >= 4 is 5.91 Å². The Balaban J connectivity index is 1.80. The number of aryl methyl sites for hydroxylation is 1. The molecule has 1 amide bonds. The van der Waals surface area contributed by atoms with E-state index in [0.717, 1.165) is 19.5 Å². The van der Waals surface area contributed by atoms with E-state index in [1.54, 1.807) is 6.07 Å². The Bertz CT molecular complexity index is 842. The molecule has 7 nitrogen and oxygen atoms in total. The number of hydrogen-bond acceptors (Lipinski definition) is 4. The Kier molecular flexibility index (Phi) is 4.36. The first kappa shape index (κ1) is 17.2. The maximum Gasteiger partial charge on any atom is 0.433 e. The van der Waals surface area contributed by atoms with E-state index in [9.17, 15) is 22.8 Å². The predicted molar refractivity (Wildman–Crippen MR) is 80.9 cm³/mol. The molecule has 0 saturated carbocycles. The highest BCUT2D eigenvalue weighted by Gasteiger charge is 2.36. The summed E-state index contributed by atoms with van der Waals surface area (Å²) in [4.78, 5) is 31.5. The van der Waals surface area contributed by atoms with Crippen molar-refractivity contribution in [1.82, 2.24) is 24.6 Å². The van der Waals surface area contributed by atoms with Crippen LogP contribution in [0.15, 0.2) is 23.1 Å². The standard InChI is InChI=1S/C15H16F3N5O2/c1-22-12(15(16,17)18)7-11(21-22)13(24)23-6-2-3-9(8-23)10-4-5-19-14(25)20-10/h4-5,7,9H,2-3,6,8H2,1H3,(H,19,20,25)/t9-/m1/s1. The van der Waals surface area contributed by atoms with Crippen LogP contribution in [-0.4, -0.2) is 43.6 Å². The number of piperidine rings is 1. The number of carbonyl (C=O) groups is 1. The van der Waals surface area contributed by atoms with Gasteiger partial charge in [0.15, 0.2) is 5.69 Å². The van der Waals surface area contributed by atoms with Crippen molar-refractivity contribution in [2.45, 2.75) is 24.9 Å². The van der Waals surface area contributed by atoms with E-state index in [1.165, 1.54) is 11.1 Å². The van der Waals surface area contributed by atoms with Gasteiger partial charge >= 0.3 is 11.9 Å². The van der Waals surface area contributed by atoms with E-state index in [0.29, 0.717) is 29.9 Å². The second kappa shape index (κ2) is 6.34. The van der Waals surface area contributed by atoms with Gasteiger partial charge in [0, 0.05) is 44.0 Å². The molecule has 0 aliphatic carbocycles. The largest absolute Gasteiger partial charge is 0.433 e. The SMILES string of the molecule is Cn1nc(C(=O)N2CCC[C@@H](c3ccnc(=O)[nH]3)C2)cc1C(F)(F)F. The minimum absolute atomic E-state index is 0.0980. The van der Waals surface area contributed by atoms with Crippen molar-refractivity contribution in [1.29, 1.82) is 0 Å². The van der Waals surface area contributed by atoms with Gasteiger partial charge in [0.1, 0.15) is 5.69 Å². The minimum Gasteiger partial charge on any atom is -0.337 e. The lowest BCUT2D eigenvalue weighted by Crippen LogP contribution is -2.39. The summed E-state index contributed by atoms with van der Waals surface area (Å²) in [6.45, 7) is 0.735. The highest BCUT2D eigenvalue weighted by molar-refractivity contribution is 5.92. The van der Waals surface area contributed by atoms with Gasteiger partial charge in [-0.25, -0.2) is 9.78 Å². The zero-order valence-corrected chi connectivity index (χ0v) is 13.4. The summed E-state index contributed by atoms with van der Waals surface area (Å²) in [5, 5.41) is 3.70. The number of aromatic nitrogens is 4. The fraction of sp³-hybridized carbons (Fsp3) is 0.467. The number of alkyl halides is 3. The highest BCUT2D eigenvalue weighted by atomic mass is 19.4. The smallest absolute Gasteiger partial charge is 0.337 e. The van der Waals surface area contributed by atoms with Crippen LogP contribution < -0.4 is 5.69 Å². The van der Waals surface area contributed by atoms with Crippen molar-refractivity contribution in [3.05, 3.63) is 45.9 Å². The molecule has 0 unspecified atom stereocenters. The third-order valence-corrected chi connectivity index (χ3v) is 4.23. The third-order valence-electron chi connectivity index (χ3n) is 4.23. The Morgan fingerprint density at radius 2 is 2.16 bits per heavy atom. The first-order valence-corrected chi connectivity index (χ1v) is 7.71.